The van der Waals surface area contributed by atoms with Gasteiger partial charge in [0.15, 0.2) is 0 Å². The molecule has 0 aromatic heterocycles. The Morgan fingerprint density at radius 2 is 1.56 bits per heavy atom. The Balaban J connectivity index is 3.02. The van der Waals surface area contributed by atoms with Crippen molar-refractivity contribution in [3.05, 3.63) is 40.4 Å². The molecule has 0 aliphatic heterocycles. The quantitative estimate of drug-likeness (QED) is 0.743. The van der Waals surface area contributed by atoms with Crippen molar-refractivity contribution in [3.8, 4) is 0 Å². The summed E-state index contributed by atoms with van der Waals surface area (Å²) in [5.41, 5.74) is 0. The van der Waals surface area contributed by atoms with Crippen LogP contribution in [0.5, 0.6) is 0 Å². The molecule has 0 atom stereocenters. The molecule has 16 heavy (non-hydrogen) atoms. The SMILES string of the molecule is O=S(=O)(Cl)c1ccc(Cl)c2c(Cl)cccc12. The van der Waals surface area contributed by atoms with Crippen molar-refractivity contribution >= 4 is 53.7 Å². The molecule has 2 aromatic rings. The Morgan fingerprint density at radius 1 is 0.938 bits per heavy atom. The van der Waals surface area contributed by atoms with Crippen LogP contribution in [0.2, 0.25) is 10.0 Å². The molecule has 2 rings (SSSR count). The maximum Gasteiger partial charge on any atom is 0.261 e. The Kier molecular flexibility index (Phi) is 3.05. The van der Waals surface area contributed by atoms with Gasteiger partial charge in [0.2, 0.25) is 0 Å². The van der Waals surface area contributed by atoms with Crippen LogP contribution in [-0.2, 0) is 9.05 Å². The Bertz CT molecular complexity index is 657. The van der Waals surface area contributed by atoms with Crippen LogP contribution in [0.3, 0.4) is 0 Å². The number of rotatable bonds is 1. The minimum atomic E-state index is -3.81. The second-order valence-corrected chi connectivity index (χ2v) is 6.49. The molecule has 6 heteroatoms. The number of hydrogen-bond acceptors (Lipinski definition) is 2. The van der Waals surface area contributed by atoms with Gasteiger partial charge in [-0.3, -0.25) is 0 Å². The zero-order valence-electron chi connectivity index (χ0n) is 7.75. The molecule has 84 valence electrons. The summed E-state index contributed by atoms with van der Waals surface area (Å²) >= 11 is 11.9. The molecule has 0 heterocycles. The summed E-state index contributed by atoms with van der Waals surface area (Å²) < 4.78 is 22.7. The van der Waals surface area contributed by atoms with Gasteiger partial charge in [0, 0.05) is 31.5 Å². The third-order valence-corrected chi connectivity index (χ3v) is 4.17. The van der Waals surface area contributed by atoms with Crippen molar-refractivity contribution in [2.24, 2.45) is 0 Å². The number of hydrogen-bond donors (Lipinski definition) is 0. The second-order valence-electron chi connectivity index (χ2n) is 3.15. The van der Waals surface area contributed by atoms with Crippen LogP contribution in [-0.4, -0.2) is 8.42 Å². The van der Waals surface area contributed by atoms with Gasteiger partial charge in [-0.05, 0) is 18.2 Å². The van der Waals surface area contributed by atoms with Crippen molar-refractivity contribution in [3.63, 3.8) is 0 Å². The maximum atomic E-state index is 11.3. The average Bonchev–Trinajstić information content (AvgIpc) is 2.16. The van der Waals surface area contributed by atoms with Crippen LogP contribution in [0, 0.1) is 0 Å². The summed E-state index contributed by atoms with van der Waals surface area (Å²) in [6.07, 6.45) is 0. The van der Waals surface area contributed by atoms with E-state index in [-0.39, 0.29) is 4.90 Å². The highest BCUT2D eigenvalue weighted by Crippen LogP contribution is 2.35. The summed E-state index contributed by atoms with van der Waals surface area (Å²) in [4.78, 5) is 0.0102. The van der Waals surface area contributed by atoms with Crippen molar-refractivity contribution in [2.45, 2.75) is 4.90 Å². The van der Waals surface area contributed by atoms with Crippen LogP contribution < -0.4 is 0 Å². The Labute approximate surface area is 107 Å². The van der Waals surface area contributed by atoms with Crippen molar-refractivity contribution in [1.82, 2.24) is 0 Å². The number of fused-ring (bicyclic) bond motifs is 1. The number of halogens is 3. The van der Waals surface area contributed by atoms with E-state index in [9.17, 15) is 8.42 Å². The molecule has 0 saturated heterocycles. The fraction of sp³-hybridized carbons (Fsp3) is 0. The molecular formula is C10H5Cl3O2S. The van der Waals surface area contributed by atoms with Gasteiger partial charge < -0.3 is 0 Å². The summed E-state index contributed by atoms with van der Waals surface area (Å²) in [6.45, 7) is 0. The molecule has 0 aliphatic rings. The zero-order valence-corrected chi connectivity index (χ0v) is 10.8. The standard InChI is InChI=1S/C10H5Cl3O2S/c11-7-3-1-2-6-9(16(13,14)15)5-4-8(12)10(6)7/h1-5H. The summed E-state index contributed by atoms with van der Waals surface area (Å²) in [7, 11) is 1.52. The lowest BCUT2D eigenvalue weighted by Gasteiger charge is -2.06. The molecule has 0 aliphatic carbocycles. The van der Waals surface area contributed by atoms with Crippen LogP contribution in [0.1, 0.15) is 0 Å². The van der Waals surface area contributed by atoms with E-state index in [1.54, 1.807) is 18.2 Å². The summed E-state index contributed by atoms with van der Waals surface area (Å²) in [5.74, 6) is 0. The molecule has 0 radical (unpaired) electrons. The van der Waals surface area contributed by atoms with Crippen LogP contribution >= 0.6 is 33.9 Å². The molecule has 0 amide bonds. The third-order valence-electron chi connectivity index (χ3n) is 2.16. The van der Waals surface area contributed by atoms with Crippen LogP contribution in [0.15, 0.2) is 35.2 Å². The lowest BCUT2D eigenvalue weighted by Crippen LogP contribution is -1.92. The Morgan fingerprint density at radius 3 is 2.19 bits per heavy atom. The molecule has 0 unspecified atom stereocenters. The van der Waals surface area contributed by atoms with Crippen molar-refractivity contribution < 1.29 is 8.42 Å². The summed E-state index contributed by atoms with van der Waals surface area (Å²) in [5, 5.41) is 1.71. The van der Waals surface area contributed by atoms with Crippen molar-refractivity contribution in [1.29, 1.82) is 0 Å². The normalized spacial score (nSPS) is 11.9. The third kappa shape index (κ3) is 2.00. The van der Waals surface area contributed by atoms with Gasteiger partial charge in [-0.2, -0.15) is 0 Å². The lowest BCUT2D eigenvalue weighted by atomic mass is 10.1. The molecular weight excluding hydrogens is 291 g/mol. The minimum Gasteiger partial charge on any atom is -0.207 e. The van der Waals surface area contributed by atoms with Gasteiger partial charge in [0.05, 0.1) is 4.90 Å². The highest BCUT2D eigenvalue weighted by atomic mass is 35.7. The van der Waals surface area contributed by atoms with E-state index < -0.39 is 9.05 Å². The van der Waals surface area contributed by atoms with Crippen LogP contribution in [0.4, 0.5) is 0 Å². The van der Waals surface area contributed by atoms with E-state index in [0.29, 0.717) is 20.8 Å². The first kappa shape index (κ1) is 12.0. The topological polar surface area (TPSA) is 34.1 Å². The highest BCUT2D eigenvalue weighted by molar-refractivity contribution is 8.14. The van der Waals surface area contributed by atoms with E-state index in [0.717, 1.165) is 0 Å². The van der Waals surface area contributed by atoms with E-state index >= 15 is 0 Å². The van der Waals surface area contributed by atoms with Crippen molar-refractivity contribution in [2.75, 3.05) is 0 Å². The fourth-order valence-corrected chi connectivity index (χ4v) is 3.17. The largest absolute Gasteiger partial charge is 0.261 e. The van der Waals surface area contributed by atoms with E-state index in [1.165, 1.54) is 12.1 Å². The fourth-order valence-electron chi connectivity index (χ4n) is 1.51. The smallest absolute Gasteiger partial charge is 0.207 e. The Hall–Kier alpha value is -0.480. The minimum absolute atomic E-state index is 0.0102. The molecule has 0 bridgehead atoms. The molecule has 0 spiro atoms. The molecule has 2 aromatic carbocycles. The first-order valence-corrected chi connectivity index (χ1v) is 7.29. The average molecular weight is 296 g/mol. The molecule has 2 nitrogen and oxygen atoms in total. The molecule has 0 fully saturated rings. The molecule has 0 N–H and O–H groups in total. The van der Waals surface area contributed by atoms with Gasteiger partial charge in [0.1, 0.15) is 0 Å². The van der Waals surface area contributed by atoms with E-state index in [2.05, 4.69) is 0 Å². The predicted octanol–water partition coefficient (Wildman–Crippen LogP) is 4.07. The summed E-state index contributed by atoms with van der Waals surface area (Å²) in [6, 6.07) is 7.73. The molecule has 0 saturated carbocycles. The lowest BCUT2D eigenvalue weighted by molar-refractivity contribution is 0.610. The van der Waals surface area contributed by atoms with Crippen LogP contribution in [0.25, 0.3) is 10.8 Å². The maximum absolute atomic E-state index is 11.3. The van der Waals surface area contributed by atoms with Gasteiger partial charge in [0.25, 0.3) is 9.05 Å². The highest BCUT2D eigenvalue weighted by Gasteiger charge is 2.16. The van der Waals surface area contributed by atoms with Gasteiger partial charge in [-0.1, -0.05) is 35.3 Å². The van der Waals surface area contributed by atoms with Gasteiger partial charge >= 0.3 is 0 Å². The predicted molar refractivity (Wildman–Crippen MR) is 67.0 cm³/mol. The monoisotopic (exact) mass is 294 g/mol. The zero-order chi connectivity index (χ0) is 11.9. The van der Waals surface area contributed by atoms with Gasteiger partial charge in [-0.15, -0.1) is 0 Å². The first-order valence-electron chi connectivity index (χ1n) is 4.22. The number of benzene rings is 2. The second kappa shape index (κ2) is 4.08. The van der Waals surface area contributed by atoms with E-state index in [4.69, 9.17) is 33.9 Å². The van der Waals surface area contributed by atoms with Gasteiger partial charge in [-0.25, -0.2) is 8.42 Å². The first-order chi connectivity index (χ1) is 7.41. The van der Waals surface area contributed by atoms with E-state index in [1.807, 2.05) is 0 Å².